The molecule has 1 aromatic heterocycles. The van der Waals surface area contributed by atoms with Gasteiger partial charge in [-0.3, -0.25) is 9.78 Å². The fourth-order valence-electron chi connectivity index (χ4n) is 1.62. The molecule has 0 aliphatic heterocycles. The van der Waals surface area contributed by atoms with E-state index in [-0.39, 0.29) is 5.91 Å². The number of nitrogens with one attached hydrogen (secondary N) is 1. The van der Waals surface area contributed by atoms with Gasteiger partial charge in [0.05, 0.1) is 17.6 Å². The van der Waals surface area contributed by atoms with Gasteiger partial charge in [-0.15, -0.1) is 10.2 Å². The standard InChI is InChI=1S/C15H21N5O/c1-4-6-14(21)19-12-7-8-13(17-9-12)15(11(3)5-2)20-18-10-16/h5,7-10H,4,6H2,1-3H3,(H2,16,18)(H,19,21)/b11-5?,20-15-. The van der Waals surface area contributed by atoms with Crippen LogP contribution in [0.1, 0.15) is 39.3 Å². The van der Waals surface area contributed by atoms with Gasteiger partial charge in [0, 0.05) is 6.42 Å². The Balaban J connectivity index is 2.96. The summed E-state index contributed by atoms with van der Waals surface area (Å²) in [6, 6.07) is 3.58. The number of nitrogens with zero attached hydrogens (tertiary/aromatic N) is 3. The highest BCUT2D eigenvalue weighted by molar-refractivity contribution is 6.11. The first-order chi connectivity index (χ1) is 10.1. The van der Waals surface area contributed by atoms with Crippen LogP contribution < -0.4 is 11.1 Å². The second-order valence-corrected chi connectivity index (χ2v) is 4.42. The van der Waals surface area contributed by atoms with Crippen molar-refractivity contribution in [2.24, 2.45) is 15.9 Å². The maximum Gasteiger partial charge on any atom is 0.224 e. The minimum atomic E-state index is -0.0155. The molecule has 1 heterocycles. The fourth-order valence-corrected chi connectivity index (χ4v) is 1.62. The zero-order chi connectivity index (χ0) is 15.7. The van der Waals surface area contributed by atoms with Gasteiger partial charge < -0.3 is 11.1 Å². The Morgan fingerprint density at radius 2 is 2.24 bits per heavy atom. The van der Waals surface area contributed by atoms with E-state index in [0.29, 0.717) is 23.5 Å². The summed E-state index contributed by atoms with van der Waals surface area (Å²) >= 11 is 0. The number of amides is 1. The topological polar surface area (TPSA) is 92.7 Å². The molecular formula is C15H21N5O. The van der Waals surface area contributed by atoms with E-state index in [2.05, 4.69) is 20.5 Å². The summed E-state index contributed by atoms with van der Waals surface area (Å²) in [5.74, 6) is -0.0155. The van der Waals surface area contributed by atoms with Crippen LogP contribution in [-0.2, 0) is 4.79 Å². The van der Waals surface area contributed by atoms with Crippen molar-refractivity contribution in [3.63, 3.8) is 0 Å². The molecule has 1 aromatic rings. The number of pyridine rings is 1. The number of anilines is 1. The predicted molar refractivity (Wildman–Crippen MR) is 86.4 cm³/mol. The second kappa shape index (κ2) is 8.63. The van der Waals surface area contributed by atoms with Crippen molar-refractivity contribution in [1.29, 1.82) is 0 Å². The van der Waals surface area contributed by atoms with Gasteiger partial charge in [-0.1, -0.05) is 13.0 Å². The third-order valence-corrected chi connectivity index (χ3v) is 2.80. The molecule has 0 saturated carbocycles. The first-order valence-corrected chi connectivity index (χ1v) is 6.83. The lowest BCUT2D eigenvalue weighted by Crippen LogP contribution is -2.12. The summed E-state index contributed by atoms with van der Waals surface area (Å²) in [6.45, 7) is 5.79. The van der Waals surface area contributed by atoms with Gasteiger partial charge in [0.15, 0.2) is 0 Å². The molecule has 0 radical (unpaired) electrons. The molecule has 21 heavy (non-hydrogen) atoms. The van der Waals surface area contributed by atoms with Crippen LogP contribution in [0.25, 0.3) is 0 Å². The maximum absolute atomic E-state index is 11.5. The van der Waals surface area contributed by atoms with E-state index in [0.717, 1.165) is 18.3 Å². The number of nitrogens with two attached hydrogens (primary N) is 1. The molecule has 0 fully saturated rings. The number of hydrogen-bond acceptors (Lipinski definition) is 4. The van der Waals surface area contributed by atoms with Crippen molar-refractivity contribution in [2.75, 3.05) is 5.32 Å². The molecule has 0 aliphatic carbocycles. The van der Waals surface area contributed by atoms with E-state index in [1.165, 1.54) is 0 Å². The van der Waals surface area contributed by atoms with Gasteiger partial charge in [0.2, 0.25) is 5.91 Å². The highest BCUT2D eigenvalue weighted by Crippen LogP contribution is 2.12. The number of hydrogen-bond donors (Lipinski definition) is 2. The smallest absolute Gasteiger partial charge is 0.224 e. The van der Waals surface area contributed by atoms with Gasteiger partial charge in [0.25, 0.3) is 0 Å². The van der Waals surface area contributed by atoms with Crippen molar-refractivity contribution in [3.05, 3.63) is 35.7 Å². The molecule has 6 heteroatoms. The van der Waals surface area contributed by atoms with Crippen molar-refractivity contribution in [1.82, 2.24) is 4.98 Å². The van der Waals surface area contributed by atoms with Gasteiger partial charge in [-0.25, -0.2) is 0 Å². The van der Waals surface area contributed by atoms with E-state index < -0.39 is 0 Å². The number of rotatable bonds is 6. The quantitative estimate of drug-likeness (QED) is 0.478. The Labute approximate surface area is 124 Å². The summed E-state index contributed by atoms with van der Waals surface area (Å²) in [5.41, 5.74) is 8.14. The molecule has 0 aliphatic rings. The summed E-state index contributed by atoms with van der Waals surface area (Å²) in [4.78, 5) is 15.8. The lowest BCUT2D eigenvalue weighted by molar-refractivity contribution is -0.116. The number of allylic oxidation sites excluding steroid dienone is 2. The Kier molecular flexibility index (Phi) is 6.80. The minimum Gasteiger partial charge on any atom is -0.388 e. The van der Waals surface area contributed by atoms with Crippen LogP contribution in [0.3, 0.4) is 0 Å². The van der Waals surface area contributed by atoms with E-state index >= 15 is 0 Å². The largest absolute Gasteiger partial charge is 0.388 e. The van der Waals surface area contributed by atoms with Gasteiger partial charge in [0.1, 0.15) is 12.1 Å². The molecular weight excluding hydrogens is 266 g/mol. The van der Waals surface area contributed by atoms with Crippen LogP contribution in [-0.4, -0.2) is 22.9 Å². The third kappa shape index (κ3) is 5.18. The van der Waals surface area contributed by atoms with Crippen LogP contribution in [0, 0.1) is 0 Å². The Morgan fingerprint density at radius 3 is 2.76 bits per heavy atom. The van der Waals surface area contributed by atoms with E-state index in [1.807, 2.05) is 26.8 Å². The normalized spacial score (nSPS) is 12.7. The maximum atomic E-state index is 11.5. The Morgan fingerprint density at radius 1 is 1.48 bits per heavy atom. The van der Waals surface area contributed by atoms with Crippen LogP contribution in [0.4, 0.5) is 5.69 Å². The number of carbonyl (C=O) groups excluding carboxylic acids is 1. The van der Waals surface area contributed by atoms with Crippen LogP contribution in [0.2, 0.25) is 0 Å². The minimum absolute atomic E-state index is 0.0155. The molecule has 0 aromatic carbocycles. The van der Waals surface area contributed by atoms with Gasteiger partial charge in [-0.2, -0.15) is 0 Å². The first kappa shape index (κ1) is 16.6. The molecule has 0 saturated heterocycles. The lowest BCUT2D eigenvalue weighted by Gasteiger charge is -2.07. The molecule has 0 bridgehead atoms. The van der Waals surface area contributed by atoms with E-state index in [1.54, 1.807) is 18.3 Å². The molecule has 0 spiro atoms. The molecule has 112 valence electrons. The Bertz CT molecular complexity index is 558. The highest BCUT2D eigenvalue weighted by atomic mass is 16.1. The number of carbonyl (C=O) groups is 1. The van der Waals surface area contributed by atoms with E-state index in [9.17, 15) is 4.79 Å². The van der Waals surface area contributed by atoms with Crippen molar-refractivity contribution in [2.45, 2.75) is 33.6 Å². The summed E-state index contributed by atoms with van der Waals surface area (Å²) in [5, 5.41) is 10.5. The van der Waals surface area contributed by atoms with Crippen molar-refractivity contribution >= 4 is 23.6 Å². The zero-order valence-corrected chi connectivity index (χ0v) is 12.6. The van der Waals surface area contributed by atoms with Crippen molar-refractivity contribution < 1.29 is 4.79 Å². The van der Waals surface area contributed by atoms with Crippen LogP contribution >= 0.6 is 0 Å². The summed E-state index contributed by atoms with van der Waals surface area (Å²) in [7, 11) is 0. The second-order valence-electron chi connectivity index (χ2n) is 4.42. The van der Waals surface area contributed by atoms with E-state index in [4.69, 9.17) is 5.73 Å². The van der Waals surface area contributed by atoms with Crippen molar-refractivity contribution in [3.8, 4) is 0 Å². The summed E-state index contributed by atoms with van der Waals surface area (Å²) < 4.78 is 0. The molecule has 0 unspecified atom stereocenters. The van der Waals surface area contributed by atoms with Crippen LogP contribution in [0.15, 0.2) is 40.2 Å². The first-order valence-electron chi connectivity index (χ1n) is 6.83. The molecule has 3 N–H and O–H groups in total. The molecule has 6 nitrogen and oxygen atoms in total. The Hall–Kier alpha value is -2.50. The SMILES string of the molecule is CC=C(C)/C(=N/N=CN)c1ccc(NC(=O)CCC)cn1. The molecule has 1 rings (SSSR count). The number of aromatic nitrogens is 1. The van der Waals surface area contributed by atoms with Crippen LogP contribution in [0.5, 0.6) is 0 Å². The molecule has 1 amide bonds. The van der Waals surface area contributed by atoms with Gasteiger partial charge >= 0.3 is 0 Å². The fraction of sp³-hybridized carbons (Fsp3) is 0.333. The average Bonchev–Trinajstić information content (AvgIpc) is 2.49. The highest BCUT2D eigenvalue weighted by Gasteiger charge is 2.08. The third-order valence-electron chi connectivity index (χ3n) is 2.80. The average molecular weight is 287 g/mol. The molecule has 0 atom stereocenters. The summed E-state index contributed by atoms with van der Waals surface area (Å²) in [6.07, 6.45) is 5.96. The zero-order valence-electron chi connectivity index (χ0n) is 12.6. The predicted octanol–water partition coefficient (Wildman–Crippen LogP) is 2.48. The lowest BCUT2D eigenvalue weighted by atomic mass is 10.1. The van der Waals surface area contributed by atoms with Gasteiger partial charge in [-0.05, 0) is 38.0 Å². The monoisotopic (exact) mass is 287 g/mol.